The number of Topliss-reactive ketones (excluding diaryl/α,β-unsaturated/α-hetero) is 4. The minimum Gasteiger partial charge on any atom is -0.475 e. The van der Waals surface area contributed by atoms with E-state index in [1.807, 2.05) is 0 Å². The SMILES string of the molecule is NC1C(C2=NC3CC4C(=O)C5CCCCC5C(=O)C4CC3O2)CCC2C(=O)C3CCCCC3C(=O)C21. The van der Waals surface area contributed by atoms with Crippen molar-refractivity contribution in [3.63, 3.8) is 0 Å². The summed E-state index contributed by atoms with van der Waals surface area (Å²) in [6.45, 7) is 0. The van der Waals surface area contributed by atoms with Gasteiger partial charge in [0, 0.05) is 53.4 Å². The summed E-state index contributed by atoms with van der Waals surface area (Å²) in [5, 5.41) is 0. The third kappa shape index (κ3) is 3.30. The molecule has 6 fully saturated rings. The van der Waals surface area contributed by atoms with Gasteiger partial charge >= 0.3 is 0 Å². The Balaban J connectivity index is 1.10. The first kappa shape index (κ1) is 23.2. The second-order valence-electron chi connectivity index (χ2n) is 12.9. The Kier molecular flexibility index (Phi) is 5.53. The molecule has 7 heteroatoms. The molecule has 0 amide bonds. The van der Waals surface area contributed by atoms with E-state index >= 15 is 0 Å². The predicted octanol–water partition coefficient (Wildman–Crippen LogP) is 3.06. The van der Waals surface area contributed by atoms with E-state index in [4.69, 9.17) is 15.5 Å². The first-order valence-electron chi connectivity index (χ1n) is 14.6. The number of fused-ring (bicyclic) bond motifs is 5. The Morgan fingerprint density at radius 2 is 1.08 bits per heavy atom. The molecule has 6 saturated carbocycles. The van der Waals surface area contributed by atoms with Crippen LogP contribution >= 0.6 is 0 Å². The maximum absolute atomic E-state index is 13.5. The molecular weight excluding hydrogens is 456 g/mol. The molecular formula is C29H38N2O5. The number of rotatable bonds is 1. The van der Waals surface area contributed by atoms with Gasteiger partial charge in [-0.2, -0.15) is 0 Å². The molecule has 0 aromatic rings. The maximum atomic E-state index is 13.5. The monoisotopic (exact) mass is 494 g/mol. The lowest BCUT2D eigenvalue weighted by atomic mass is 9.55. The molecule has 7 aliphatic rings. The number of hydrogen-bond acceptors (Lipinski definition) is 7. The fraction of sp³-hybridized carbons (Fsp3) is 0.828. The van der Waals surface area contributed by atoms with Crippen LogP contribution in [0.3, 0.4) is 0 Å². The number of ketones is 4. The zero-order valence-corrected chi connectivity index (χ0v) is 21.0. The fourth-order valence-electron chi connectivity index (χ4n) is 9.51. The summed E-state index contributed by atoms with van der Waals surface area (Å²) < 4.78 is 6.40. The smallest absolute Gasteiger partial charge is 0.188 e. The molecule has 1 heterocycles. The van der Waals surface area contributed by atoms with E-state index in [9.17, 15) is 19.2 Å². The predicted molar refractivity (Wildman–Crippen MR) is 131 cm³/mol. The summed E-state index contributed by atoms with van der Waals surface area (Å²) in [6.07, 6.45) is 9.81. The van der Waals surface area contributed by atoms with Gasteiger partial charge in [-0.3, -0.25) is 19.2 Å². The molecule has 7 rings (SSSR count). The average Bonchev–Trinajstić information content (AvgIpc) is 3.32. The molecule has 7 nitrogen and oxygen atoms in total. The lowest BCUT2D eigenvalue weighted by Crippen LogP contribution is -2.59. The highest BCUT2D eigenvalue weighted by Gasteiger charge is 2.58. The van der Waals surface area contributed by atoms with Crippen molar-refractivity contribution >= 4 is 29.0 Å². The fourth-order valence-corrected chi connectivity index (χ4v) is 9.51. The second-order valence-corrected chi connectivity index (χ2v) is 12.9. The first-order chi connectivity index (χ1) is 17.4. The number of nitrogens with zero attached hydrogens (tertiary/aromatic N) is 1. The largest absolute Gasteiger partial charge is 0.475 e. The van der Waals surface area contributed by atoms with Crippen molar-refractivity contribution in [2.24, 2.45) is 64.0 Å². The van der Waals surface area contributed by atoms with E-state index in [1.165, 1.54) is 0 Å². The van der Waals surface area contributed by atoms with Gasteiger partial charge in [-0.25, -0.2) is 4.99 Å². The number of nitrogens with two attached hydrogens (primary N) is 1. The van der Waals surface area contributed by atoms with Crippen LogP contribution < -0.4 is 5.73 Å². The molecule has 0 radical (unpaired) electrons. The summed E-state index contributed by atoms with van der Waals surface area (Å²) in [6, 6.07) is -0.579. The van der Waals surface area contributed by atoms with Crippen molar-refractivity contribution in [3.05, 3.63) is 0 Å². The number of aliphatic imine (C=N–C) groups is 1. The summed E-state index contributed by atoms with van der Waals surface area (Å²) in [4.78, 5) is 58.5. The highest BCUT2D eigenvalue weighted by Crippen LogP contribution is 2.50. The van der Waals surface area contributed by atoms with Gasteiger partial charge in [0.2, 0.25) is 0 Å². The van der Waals surface area contributed by atoms with Crippen LogP contribution in [0.2, 0.25) is 0 Å². The lowest BCUT2D eigenvalue weighted by Gasteiger charge is -2.47. The highest BCUT2D eigenvalue weighted by molar-refractivity contribution is 6.01. The molecule has 12 unspecified atom stereocenters. The van der Waals surface area contributed by atoms with Gasteiger partial charge < -0.3 is 10.5 Å². The van der Waals surface area contributed by atoms with Crippen LogP contribution in [0.5, 0.6) is 0 Å². The van der Waals surface area contributed by atoms with E-state index in [0.717, 1.165) is 51.4 Å². The van der Waals surface area contributed by atoms with Crippen LogP contribution in [0.4, 0.5) is 0 Å². The maximum Gasteiger partial charge on any atom is 0.188 e. The Labute approximate surface area is 212 Å². The van der Waals surface area contributed by atoms with Crippen molar-refractivity contribution in [3.8, 4) is 0 Å². The molecule has 194 valence electrons. The van der Waals surface area contributed by atoms with Gasteiger partial charge in [0.25, 0.3) is 0 Å². The normalized spacial score (nSPS) is 50.2. The van der Waals surface area contributed by atoms with Gasteiger partial charge in [0.15, 0.2) is 5.90 Å². The molecule has 0 saturated heterocycles. The van der Waals surface area contributed by atoms with Gasteiger partial charge in [-0.05, 0) is 51.4 Å². The lowest BCUT2D eigenvalue weighted by molar-refractivity contribution is -0.153. The zero-order chi connectivity index (χ0) is 24.7. The minimum absolute atomic E-state index is 0.0861. The van der Waals surface area contributed by atoms with Crippen molar-refractivity contribution in [1.82, 2.24) is 0 Å². The standard InChI is InChI=1S/C29H38N2O5/c30-24-18(10-9-17-23(24)28(35)16-8-4-3-7-15(16)25(17)32)29-31-21-11-19-20(12-22(21)36-29)27(34)14-6-2-1-5-13(14)26(19)33/h13-24H,1-12,30H2. The van der Waals surface area contributed by atoms with Gasteiger partial charge in [-0.1, -0.05) is 25.7 Å². The summed E-state index contributed by atoms with van der Waals surface area (Å²) in [5.74, 6) is -0.114. The molecule has 12 atom stereocenters. The Morgan fingerprint density at radius 3 is 1.69 bits per heavy atom. The highest BCUT2D eigenvalue weighted by atomic mass is 16.5. The van der Waals surface area contributed by atoms with Crippen LogP contribution in [-0.2, 0) is 23.9 Å². The Hall–Kier alpha value is -1.89. The molecule has 2 N–H and O–H groups in total. The van der Waals surface area contributed by atoms with Gasteiger partial charge in [-0.15, -0.1) is 0 Å². The average molecular weight is 495 g/mol. The van der Waals surface area contributed by atoms with E-state index in [-0.39, 0.29) is 82.6 Å². The molecule has 6 aliphatic carbocycles. The van der Waals surface area contributed by atoms with Crippen LogP contribution in [-0.4, -0.2) is 47.2 Å². The van der Waals surface area contributed by atoms with Crippen molar-refractivity contribution in [2.45, 2.75) is 95.2 Å². The molecule has 0 spiro atoms. The number of carbonyl (C=O) groups excluding carboxylic acids is 4. The molecule has 0 aromatic heterocycles. The van der Waals surface area contributed by atoms with Crippen LogP contribution in [0.15, 0.2) is 4.99 Å². The first-order valence-corrected chi connectivity index (χ1v) is 14.6. The Morgan fingerprint density at radius 1 is 0.583 bits per heavy atom. The van der Waals surface area contributed by atoms with E-state index in [1.54, 1.807) is 0 Å². The summed E-state index contributed by atoms with van der Waals surface area (Å²) in [7, 11) is 0. The quantitative estimate of drug-likeness (QED) is 0.599. The number of ether oxygens (including phenoxy) is 1. The van der Waals surface area contributed by atoms with Crippen molar-refractivity contribution < 1.29 is 23.9 Å². The van der Waals surface area contributed by atoms with E-state index in [2.05, 4.69) is 0 Å². The number of hydrogen-bond donors (Lipinski definition) is 1. The summed E-state index contributed by atoms with van der Waals surface area (Å²) >= 11 is 0. The van der Waals surface area contributed by atoms with E-state index < -0.39 is 12.0 Å². The molecule has 36 heavy (non-hydrogen) atoms. The van der Waals surface area contributed by atoms with Crippen LogP contribution in [0.25, 0.3) is 0 Å². The van der Waals surface area contributed by atoms with Gasteiger partial charge in [0.05, 0.1) is 12.0 Å². The third-order valence-corrected chi connectivity index (χ3v) is 11.3. The Bertz CT molecular complexity index is 1040. The van der Waals surface area contributed by atoms with Crippen molar-refractivity contribution in [1.29, 1.82) is 0 Å². The van der Waals surface area contributed by atoms with Crippen molar-refractivity contribution in [2.75, 3.05) is 0 Å². The molecule has 0 bridgehead atoms. The van der Waals surface area contributed by atoms with Crippen LogP contribution in [0, 0.1) is 53.3 Å². The topological polar surface area (TPSA) is 116 Å². The summed E-state index contributed by atoms with van der Waals surface area (Å²) in [5.41, 5.74) is 6.78. The van der Waals surface area contributed by atoms with E-state index in [0.29, 0.717) is 31.6 Å². The number of carbonyl (C=O) groups is 4. The second kappa shape index (κ2) is 8.57. The third-order valence-electron chi connectivity index (χ3n) is 11.3. The molecule has 1 aliphatic heterocycles. The van der Waals surface area contributed by atoms with Gasteiger partial charge in [0.1, 0.15) is 29.2 Å². The van der Waals surface area contributed by atoms with Crippen LogP contribution in [0.1, 0.15) is 77.0 Å². The molecule has 0 aromatic carbocycles. The minimum atomic E-state index is -0.463. The zero-order valence-electron chi connectivity index (χ0n) is 21.0.